The lowest BCUT2D eigenvalue weighted by atomic mass is 9.98. The van der Waals surface area contributed by atoms with Gasteiger partial charge in [-0.2, -0.15) is 0 Å². The van der Waals surface area contributed by atoms with Gasteiger partial charge in [0.1, 0.15) is 11.9 Å². The topological polar surface area (TPSA) is 42.4 Å². The van der Waals surface area contributed by atoms with E-state index in [1.54, 1.807) is 11.3 Å². The number of aliphatic hydroxyl groups is 1. The number of hydrogen-bond donors (Lipinski definition) is 1. The van der Waals surface area contributed by atoms with Gasteiger partial charge in [0.05, 0.1) is 16.8 Å². The third kappa shape index (κ3) is 2.18. The third-order valence-corrected chi connectivity index (χ3v) is 4.29. The van der Waals surface area contributed by atoms with Crippen molar-refractivity contribution in [3.8, 4) is 5.75 Å². The standard InChI is InChI=1S/C13H12BrNO2S/c1-7-15-10(6-18-7)13-5-11(16)9-3-2-8(14)4-12(9)17-13/h2-4,6,11,13,16H,5H2,1H3/t11-,13?/m1/s1. The lowest BCUT2D eigenvalue weighted by Gasteiger charge is -2.28. The average molecular weight is 326 g/mol. The van der Waals surface area contributed by atoms with Gasteiger partial charge < -0.3 is 9.84 Å². The number of ether oxygens (including phenoxy) is 1. The van der Waals surface area contributed by atoms with Crippen LogP contribution in [0.1, 0.15) is 34.9 Å². The van der Waals surface area contributed by atoms with E-state index in [0.717, 1.165) is 26.5 Å². The fourth-order valence-corrected chi connectivity index (χ4v) is 3.12. The molecule has 1 N–H and O–H groups in total. The lowest BCUT2D eigenvalue weighted by molar-refractivity contribution is 0.0638. The van der Waals surface area contributed by atoms with E-state index in [0.29, 0.717) is 6.42 Å². The van der Waals surface area contributed by atoms with E-state index >= 15 is 0 Å². The zero-order valence-electron chi connectivity index (χ0n) is 9.76. The van der Waals surface area contributed by atoms with Gasteiger partial charge >= 0.3 is 0 Å². The molecule has 2 heterocycles. The highest BCUT2D eigenvalue weighted by Crippen LogP contribution is 2.41. The quantitative estimate of drug-likeness (QED) is 0.867. The minimum absolute atomic E-state index is 0.160. The van der Waals surface area contributed by atoms with Gasteiger partial charge in [-0.3, -0.25) is 0 Å². The SMILES string of the molecule is Cc1nc(C2C[C@@H](O)c3ccc(Br)cc3O2)cs1. The summed E-state index contributed by atoms with van der Waals surface area (Å²) in [5.74, 6) is 0.735. The molecule has 0 saturated carbocycles. The van der Waals surface area contributed by atoms with Crippen LogP contribution >= 0.6 is 27.3 Å². The summed E-state index contributed by atoms with van der Waals surface area (Å²) in [6.45, 7) is 1.97. The van der Waals surface area contributed by atoms with Gasteiger partial charge in [0, 0.05) is 21.8 Å². The summed E-state index contributed by atoms with van der Waals surface area (Å²) >= 11 is 5.02. The average Bonchev–Trinajstić information content (AvgIpc) is 2.75. The summed E-state index contributed by atoms with van der Waals surface area (Å²) < 4.78 is 6.88. The Bertz CT molecular complexity index is 584. The van der Waals surface area contributed by atoms with Crippen molar-refractivity contribution in [1.82, 2.24) is 4.98 Å². The first-order valence-electron chi connectivity index (χ1n) is 5.69. The highest BCUT2D eigenvalue weighted by atomic mass is 79.9. The summed E-state index contributed by atoms with van der Waals surface area (Å²) in [6.07, 6.45) is -0.0988. The van der Waals surface area contributed by atoms with Crippen LogP contribution in [0.25, 0.3) is 0 Å². The van der Waals surface area contributed by atoms with Crippen molar-refractivity contribution in [2.24, 2.45) is 0 Å². The molecule has 0 radical (unpaired) electrons. The molecule has 0 fully saturated rings. The first-order chi connectivity index (χ1) is 8.63. The summed E-state index contributed by atoms with van der Waals surface area (Å²) in [5.41, 5.74) is 1.75. The van der Waals surface area contributed by atoms with Crippen LogP contribution in [0.4, 0.5) is 0 Å². The number of benzene rings is 1. The molecule has 1 aromatic carbocycles. The second-order valence-electron chi connectivity index (χ2n) is 4.33. The predicted octanol–water partition coefficient (Wildman–Crippen LogP) is 3.77. The maximum Gasteiger partial charge on any atom is 0.144 e. The molecular formula is C13H12BrNO2S. The van der Waals surface area contributed by atoms with Crippen molar-refractivity contribution < 1.29 is 9.84 Å². The molecule has 0 spiro atoms. The molecule has 0 aliphatic carbocycles. The van der Waals surface area contributed by atoms with Crippen LogP contribution in [-0.4, -0.2) is 10.1 Å². The van der Waals surface area contributed by atoms with Crippen LogP contribution in [0.3, 0.4) is 0 Å². The molecule has 3 nitrogen and oxygen atoms in total. The maximum atomic E-state index is 10.2. The zero-order valence-corrected chi connectivity index (χ0v) is 12.2. The molecule has 0 bridgehead atoms. The summed E-state index contributed by atoms with van der Waals surface area (Å²) in [6, 6.07) is 5.70. The minimum atomic E-state index is -0.492. The van der Waals surface area contributed by atoms with Crippen LogP contribution in [0.2, 0.25) is 0 Å². The van der Waals surface area contributed by atoms with Crippen molar-refractivity contribution in [2.75, 3.05) is 0 Å². The molecule has 5 heteroatoms. The monoisotopic (exact) mass is 325 g/mol. The lowest BCUT2D eigenvalue weighted by Crippen LogP contribution is -2.19. The van der Waals surface area contributed by atoms with Gasteiger partial charge in [-0.05, 0) is 19.1 Å². The Morgan fingerprint density at radius 2 is 2.33 bits per heavy atom. The fraction of sp³-hybridized carbons (Fsp3) is 0.308. The van der Waals surface area contributed by atoms with Crippen LogP contribution in [0.15, 0.2) is 28.1 Å². The molecule has 1 unspecified atom stereocenters. The Morgan fingerprint density at radius 1 is 1.50 bits per heavy atom. The third-order valence-electron chi connectivity index (χ3n) is 3.01. The van der Waals surface area contributed by atoms with E-state index in [4.69, 9.17) is 4.74 Å². The van der Waals surface area contributed by atoms with Crippen molar-refractivity contribution in [3.63, 3.8) is 0 Å². The molecule has 94 valence electrons. The summed E-state index contributed by atoms with van der Waals surface area (Å²) in [4.78, 5) is 4.43. The Hall–Kier alpha value is -0.910. The fourth-order valence-electron chi connectivity index (χ4n) is 2.13. The number of thiazole rings is 1. The van der Waals surface area contributed by atoms with E-state index in [1.807, 2.05) is 30.5 Å². The number of nitrogens with zero attached hydrogens (tertiary/aromatic N) is 1. The van der Waals surface area contributed by atoms with Crippen LogP contribution < -0.4 is 4.74 Å². The zero-order chi connectivity index (χ0) is 12.7. The molecular weight excluding hydrogens is 314 g/mol. The molecule has 3 rings (SSSR count). The van der Waals surface area contributed by atoms with Crippen LogP contribution in [-0.2, 0) is 0 Å². The number of aliphatic hydroxyl groups excluding tert-OH is 1. The van der Waals surface area contributed by atoms with Crippen molar-refractivity contribution in [2.45, 2.75) is 25.6 Å². The number of fused-ring (bicyclic) bond motifs is 1. The van der Waals surface area contributed by atoms with E-state index in [9.17, 15) is 5.11 Å². The van der Waals surface area contributed by atoms with Gasteiger partial charge in [-0.25, -0.2) is 4.98 Å². The van der Waals surface area contributed by atoms with Gasteiger partial charge in [0.15, 0.2) is 0 Å². The number of aromatic nitrogens is 1. The molecule has 18 heavy (non-hydrogen) atoms. The maximum absolute atomic E-state index is 10.2. The molecule has 1 aliphatic heterocycles. The predicted molar refractivity (Wildman–Crippen MR) is 73.9 cm³/mol. The van der Waals surface area contributed by atoms with E-state index < -0.39 is 6.10 Å². The molecule has 0 amide bonds. The number of halogens is 1. The van der Waals surface area contributed by atoms with Gasteiger partial charge in [0.2, 0.25) is 0 Å². The summed E-state index contributed by atoms with van der Waals surface area (Å²) in [5, 5.41) is 13.2. The van der Waals surface area contributed by atoms with Gasteiger partial charge in [0.25, 0.3) is 0 Å². The summed E-state index contributed by atoms with van der Waals surface area (Å²) in [7, 11) is 0. The minimum Gasteiger partial charge on any atom is -0.484 e. The normalized spacial score (nSPS) is 22.4. The Morgan fingerprint density at radius 3 is 3.06 bits per heavy atom. The Balaban J connectivity index is 1.95. The molecule has 1 aliphatic rings. The largest absolute Gasteiger partial charge is 0.484 e. The van der Waals surface area contributed by atoms with Crippen molar-refractivity contribution in [3.05, 3.63) is 44.3 Å². The highest BCUT2D eigenvalue weighted by Gasteiger charge is 2.29. The number of rotatable bonds is 1. The van der Waals surface area contributed by atoms with E-state index in [1.165, 1.54) is 0 Å². The molecule has 0 saturated heterocycles. The van der Waals surface area contributed by atoms with Gasteiger partial charge in [-0.1, -0.05) is 22.0 Å². The van der Waals surface area contributed by atoms with Crippen molar-refractivity contribution >= 4 is 27.3 Å². The molecule has 2 aromatic rings. The van der Waals surface area contributed by atoms with E-state index in [2.05, 4.69) is 20.9 Å². The van der Waals surface area contributed by atoms with Crippen molar-refractivity contribution in [1.29, 1.82) is 0 Å². The molecule has 2 atom stereocenters. The van der Waals surface area contributed by atoms with E-state index in [-0.39, 0.29) is 6.10 Å². The number of aryl methyl sites for hydroxylation is 1. The second-order valence-corrected chi connectivity index (χ2v) is 6.31. The smallest absolute Gasteiger partial charge is 0.144 e. The first kappa shape index (κ1) is 12.1. The highest BCUT2D eigenvalue weighted by molar-refractivity contribution is 9.10. The molecule has 1 aromatic heterocycles. The van der Waals surface area contributed by atoms with Crippen LogP contribution in [0, 0.1) is 6.92 Å². The van der Waals surface area contributed by atoms with Gasteiger partial charge in [-0.15, -0.1) is 11.3 Å². The number of hydrogen-bond acceptors (Lipinski definition) is 4. The second kappa shape index (κ2) is 4.64. The Kier molecular flexibility index (Phi) is 3.13. The first-order valence-corrected chi connectivity index (χ1v) is 7.37. The Labute approximate surface area is 118 Å². The van der Waals surface area contributed by atoms with Crippen LogP contribution in [0.5, 0.6) is 5.75 Å².